The molecule has 13 nitrogen and oxygen atoms in total. The SMILES string of the molecule is CC1=C[C@@H](O)C[C@@H](F)Cc2nc(co2)C(=O)N2CCC[C@@H]2C(=O)O[C@H]([C@@H](C)COC(=O)Nc2ccc3ccccc3n2)[C@H](C)/C=C/C(=O)NCC=C1. The van der Waals surface area contributed by atoms with Crippen LogP contribution in [0.15, 0.2) is 83.0 Å². The first-order valence-electron chi connectivity index (χ1n) is 17.4. The summed E-state index contributed by atoms with van der Waals surface area (Å²) in [4.78, 5) is 62.6. The zero-order chi connectivity index (χ0) is 37.2. The predicted octanol–water partition coefficient (Wildman–Crippen LogP) is 5.08. The molecule has 3 amide bonds. The van der Waals surface area contributed by atoms with Gasteiger partial charge in [0.2, 0.25) is 5.91 Å². The van der Waals surface area contributed by atoms with Crippen LogP contribution in [-0.4, -0.2) is 88.0 Å². The number of benzene rings is 1. The number of hydrogen-bond donors (Lipinski definition) is 3. The monoisotopic (exact) mass is 717 g/mol. The first-order chi connectivity index (χ1) is 25.0. The third-order valence-electron chi connectivity index (χ3n) is 8.87. The average Bonchev–Trinajstić information content (AvgIpc) is 3.80. The van der Waals surface area contributed by atoms with E-state index in [2.05, 4.69) is 20.6 Å². The number of nitrogens with zero attached hydrogens (tertiary/aromatic N) is 3. The molecule has 1 aromatic carbocycles. The first-order valence-corrected chi connectivity index (χ1v) is 17.4. The number of fused-ring (bicyclic) bond motifs is 4. The molecular formula is C38H44FN5O8. The van der Waals surface area contributed by atoms with E-state index in [1.807, 2.05) is 30.3 Å². The molecule has 2 bridgehead atoms. The highest BCUT2D eigenvalue weighted by atomic mass is 19.1. The number of cyclic esters (lactones) is 1. The number of hydrogen-bond acceptors (Lipinski definition) is 10. The lowest BCUT2D eigenvalue weighted by atomic mass is 9.93. The number of aromatic nitrogens is 2. The number of aliphatic hydroxyl groups is 1. The molecule has 1 saturated heterocycles. The maximum absolute atomic E-state index is 14.8. The van der Waals surface area contributed by atoms with Gasteiger partial charge in [-0.05, 0) is 44.0 Å². The summed E-state index contributed by atoms with van der Waals surface area (Å²) in [5.74, 6) is -2.38. The lowest BCUT2D eigenvalue weighted by molar-refractivity contribution is -0.159. The summed E-state index contributed by atoms with van der Waals surface area (Å²) in [7, 11) is 0. The number of nitrogens with one attached hydrogen (secondary N) is 2. The highest BCUT2D eigenvalue weighted by Crippen LogP contribution is 2.26. The average molecular weight is 718 g/mol. The van der Waals surface area contributed by atoms with Crippen molar-refractivity contribution in [3.05, 3.63) is 90.2 Å². The Labute approximate surface area is 301 Å². The van der Waals surface area contributed by atoms with Crippen LogP contribution in [0.2, 0.25) is 0 Å². The van der Waals surface area contributed by atoms with Crippen molar-refractivity contribution >= 4 is 40.6 Å². The van der Waals surface area contributed by atoms with Crippen LogP contribution in [0.1, 0.15) is 56.4 Å². The molecule has 0 saturated carbocycles. The molecule has 14 heteroatoms. The van der Waals surface area contributed by atoms with Gasteiger partial charge in [-0.15, -0.1) is 0 Å². The minimum Gasteiger partial charge on any atom is -0.460 e. The molecule has 2 aliphatic rings. The van der Waals surface area contributed by atoms with E-state index >= 15 is 0 Å². The molecule has 2 aromatic heterocycles. The largest absolute Gasteiger partial charge is 0.460 e. The van der Waals surface area contributed by atoms with Crippen molar-refractivity contribution in [2.75, 3.05) is 25.0 Å². The van der Waals surface area contributed by atoms with Crippen LogP contribution in [0.4, 0.5) is 15.0 Å². The lowest BCUT2D eigenvalue weighted by Crippen LogP contribution is -2.44. The molecule has 276 valence electrons. The summed E-state index contributed by atoms with van der Waals surface area (Å²) >= 11 is 0. The molecule has 3 aromatic rings. The summed E-state index contributed by atoms with van der Waals surface area (Å²) in [6.07, 6.45) is 5.18. The fraction of sp³-hybridized carbons (Fsp3) is 0.421. The number of carbonyl (C=O) groups is 4. The minimum absolute atomic E-state index is 0.00830. The van der Waals surface area contributed by atoms with Gasteiger partial charge in [0.25, 0.3) is 5.91 Å². The van der Waals surface area contributed by atoms with Gasteiger partial charge in [-0.1, -0.05) is 61.9 Å². The van der Waals surface area contributed by atoms with E-state index in [0.717, 1.165) is 11.6 Å². The maximum Gasteiger partial charge on any atom is 0.412 e. The van der Waals surface area contributed by atoms with Crippen LogP contribution >= 0.6 is 0 Å². The Morgan fingerprint density at radius 2 is 1.98 bits per heavy atom. The quantitative estimate of drug-likeness (QED) is 0.309. The number of esters is 1. The van der Waals surface area contributed by atoms with Gasteiger partial charge in [0, 0.05) is 36.7 Å². The standard InChI is InChI=1S/C38H44FN5O8/c1-23-8-6-16-40-33(46)15-12-24(2)35(25(3)21-51-38(49)43-32-14-13-26-9-4-5-10-29(26)41-32)52-37(48)31-11-7-17-44(31)36(47)30-22-50-34(42-30)20-27(39)19-28(45)18-23/h4-6,8-10,12-15,18,22,24-25,27-28,31,35,45H,7,11,16-17,19-21H2,1-3H3,(H,40,46)(H,41,43,49)/b8-6?,15-12+,23-18?/t24-,25+,27-,28-,31-,35+/m1/s1. The number of anilines is 1. The van der Waals surface area contributed by atoms with Crippen molar-refractivity contribution in [3.63, 3.8) is 0 Å². The first kappa shape index (κ1) is 37.9. The number of oxazole rings is 1. The molecule has 4 heterocycles. The highest BCUT2D eigenvalue weighted by Gasteiger charge is 2.39. The number of carbonyl (C=O) groups excluding carboxylic acids is 4. The van der Waals surface area contributed by atoms with Crippen molar-refractivity contribution < 1.29 is 42.6 Å². The fourth-order valence-corrected chi connectivity index (χ4v) is 6.21. The van der Waals surface area contributed by atoms with Crippen molar-refractivity contribution in [2.45, 2.75) is 70.9 Å². The number of pyridine rings is 1. The minimum atomic E-state index is -1.50. The van der Waals surface area contributed by atoms with E-state index in [1.54, 1.807) is 45.1 Å². The predicted molar refractivity (Wildman–Crippen MR) is 190 cm³/mol. The van der Waals surface area contributed by atoms with E-state index in [-0.39, 0.29) is 44.1 Å². The summed E-state index contributed by atoms with van der Waals surface area (Å²) < 4.78 is 31.8. The lowest BCUT2D eigenvalue weighted by Gasteiger charge is -2.30. The number of ether oxygens (including phenoxy) is 2. The van der Waals surface area contributed by atoms with E-state index in [4.69, 9.17) is 13.9 Å². The molecule has 5 rings (SSSR count). The molecule has 0 spiro atoms. The maximum atomic E-state index is 14.8. The molecule has 0 unspecified atom stereocenters. The zero-order valence-electron chi connectivity index (χ0n) is 29.4. The highest BCUT2D eigenvalue weighted by molar-refractivity contribution is 5.95. The van der Waals surface area contributed by atoms with Gasteiger partial charge in [0.05, 0.1) is 24.6 Å². The Kier molecular flexibility index (Phi) is 12.9. The van der Waals surface area contributed by atoms with Crippen LogP contribution < -0.4 is 10.6 Å². The Hall–Kier alpha value is -5.37. The topological polar surface area (TPSA) is 173 Å². The number of allylic oxidation sites excluding steroid dienone is 2. The molecule has 0 radical (unpaired) electrons. The van der Waals surface area contributed by atoms with Gasteiger partial charge in [-0.2, -0.15) is 0 Å². The van der Waals surface area contributed by atoms with E-state index in [1.165, 1.54) is 17.1 Å². The third-order valence-corrected chi connectivity index (χ3v) is 8.87. The number of halogens is 1. The Morgan fingerprint density at radius 3 is 2.81 bits per heavy atom. The molecule has 6 atom stereocenters. The molecule has 52 heavy (non-hydrogen) atoms. The fourth-order valence-electron chi connectivity index (χ4n) is 6.21. The van der Waals surface area contributed by atoms with E-state index in [9.17, 15) is 28.7 Å². The number of amides is 3. The number of rotatable bonds is 4. The van der Waals surface area contributed by atoms with Crippen LogP contribution in [0.5, 0.6) is 0 Å². The van der Waals surface area contributed by atoms with Crippen molar-refractivity contribution in [1.82, 2.24) is 20.2 Å². The molecule has 1 fully saturated rings. The molecule has 0 aliphatic carbocycles. The Morgan fingerprint density at radius 1 is 1.17 bits per heavy atom. The van der Waals surface area contributed by atoms with Crippen molar-refractivity contribution in [2.24, 2.45) is 11.8 Å². The second-order valence-electron chi connectivity index (χ2n) is 13.2. The van der Waals surface area contributed by atoms with Gasteiger partial charge in [-0.25, -0.2) is 23.9 Å². The van der Waals surface area contributed by atoms with Gasteiger partial charge in [0.15, 0.2) is 11.6 Å². The van der Waals surface area contributed by atoms with Crippen LogP contribution in [0.3, 0.4) is 0 Å². The molecule has 3 N–H and O–H groups in total. The smallest absolute Gasteiger partial charge is 0.412 e. The number of para-hydroxylation sites is 1. The van der Waals surface area contributed by atoms with Crippen LogP contribution in [0.25, 0.3) is 10.9 Å². The Balaban J connectivity index is 1.32. The summed E-state index contributed by atoms with van der Waals surface area (Å²) in [6.45, 7) is 5.57. The number of alkyl halides is 1. The van der Waals surface area contributed by atoms with Crippen molar-refractivity contribution in [3.8, 4) is 0 Å². The molecule has 2 aliphatic heterocycles. The second kappa shape index (κ2) is 17.7. The molecular weight excluding hydrogens is 673 g/mol. The zero-order valence-corrected chi connectivity index (χ0v) is 29.4. The second-order valence-corrected chi connectivity index (χ2v) is 13.2. The van der Waals surface area contributed by atoms with Gasteiger partial charge in [0.1, 0.15) is 30.4 Å². The summed E-state index contributed by atoms with van der Waals surface area (Å²) in [5.41, 5.74) is 1.30. The summed E-state index contributed by atoms with van der Waals surface area (Å²) in [5, 5.41) is 16.6. The van der Waals surface area contributed by atoms with Crippen molar-refractivity contribution in [1.29, 1.82) is 0 Å². The van der Waals surface area contributed by atoms with E-state index < -0.39 is 60.1 Å². The van der Waals surface area contributed by atoms with E-state index in [0.29, 0.717) is 29.7 Å². The van der Waals surface area contributed by atoms with Gasteiger partial charge < -0.3 is 29.2 Å². The van der Waals surface area contributed by atoms with Gasteiger partial charge in [-0.3, -0.25) is 14.9 Å². The third kappa shape index (κ3) is 10.3. The Bertz CT molecular complexity index is 1840. The number of aliphatic hydroxyl groups excluding tert-OH is 1. The van der Waals surface area contributed by atoms with Crippen LogP contribution in [-0.2, 0) is 25.5 Å². The van der Waals surface area contributed by atoms with Crippen LogP contribution in [0, 0.1) is 11.8 Å². The summed E-state index contributed by atoms with van der Waals surface area (Å²) in [6, 6.07) is 10.0. The normalized spacial score (nSPS) is 25.0. The van der Waals surface area contributed by atoms with Gasteiger partial charge >= 0.3 is 12.1 Å².